The van der Waals surface area contributed by atoms with Gasteiger partial charge in [-0.05, 0) is 18.8 Å². The van der Waals surface area contributed by atoms with E-state index in [-0.39, 0.29) is 11.9 Å². The Morgan fingerprint density at radius 1 is 1.38 bits per heavy atom. The Balaban J connectivity index is 1.39. The summed E-state index contributed by atoms with van der Waals surface area (Å²) in [4.78, 5) is 18.7. The van der Waals surface area contributed by atoms with Crippen LogP contribution in [-0.2, 0) is 24.9 Å². The minimum absolute atomic E-state index is 0.184. The van der Waals surface area contributed by atoms with Gasteiger partial charge in [0.05, 0.1) is 24.3 Å². The van der Waals surface area contributed by atoms with Crippen LogP contribution in [0.25, 0.3) is 0 Å². The van der Waals surface area contributed by atoms with Gasteiger partial charge in [0.25, 0.3) is 0 Å². The number of hydrogen-bond acceptors (Lipinski definition) is 4. The van der Waals surface area contributed by atoms with Crippen molar-refractivity contribution in [2.24, 2.45) is 13.0 Å². The van der Waals surface area contributed by atoms with Crippen LogP contribution in [0.2, 0.25) is 0 Å². The summed E-state index contributed by atoms with van der Waals surface area (Å²) in [6, 6.07) is 0.232. The summed E-state index contributed by atoms with van der Waals surface area (Å²) in [5.74, 6) is 0.811. The second-order valence-corrected chi connectivity index (χ2v) is 7.09. The number of aryl methyl sites for hydroxylation is 1. The fourth-order valence-electron chi connectivity index (χ4n) is 3.45. The lowest BCUT2D eigenvalue weighted by molar-refractivity contribution is -0.121. The van der Waals surface area contributed by atoms with Crippen molar-refractivity contribution in [3.05, 3.63) is 36.2 Å². The van der Waals surface area contributed by atoms with Crippen LogP contribution < -0.4 is 5.32 Å². The predicted octanol–water partition coefficient (Wildman–Crippen LogP) is 1.09. The lowest BCUT2D eigenvalue weighted by Crippen LogP contribution is -2.42. The van der Waals surface area contributed by atoms with Gasteiger partial charge in [0, 0.05) is 57.6 Å². The molecule has 0 bridgehead atoms. The molecule has 7 heteroatoms. The number of carbonyl (C=O) groups is 1. The predicted molar refractivity (Wildman–Crippen MR) is 88.9 cm³/mol. The largest absolute Gasteiger partial charge is 0.354 e. The van der Waals surface area contributed by atoms with Crippen LogP contribution in [0.5, 0.6) is 0 Å². The highest BCUT2D eigenvalue weighted by molar-refractivity contribution is 5.76. The molecular formula is C17H24N6O. The summed E-state index contributed by atoms with van der Waals surface area (Å²) >= 11 is 0. The first-order valence-electron chi connectivity index (χ1n) is 8.64. The summed E-state index contributed by atoms with van der Waals surface area (Å²) in [6.45, 7) is 3.31. The number of carbonyl (C=O) groups excluding carboxylic acids is 1. The molecule has 2 aliphatic rings. The molecule has 2 aromatic rings. The number of hydrogen-bond donors (Lipinski definition) is 1. The van der Waals surface area contributed by atoms with Crippen molar-refractivity contribution >= 4 is 5.91 Å². The molecule has 24 heavy (non-hydrogen) atoms. The molecule has 1 N–H and O–H groups in total. The van der Waals surface area contributed by atoms with Gasteiger partial charge in [-0.3, -0.25) is 14.4 Å². The molecule has 7 nitrogen and oxygen atoms in total. The molecule has 0 aromatic carbocycles. The maximum atomic E-state index is 12.0. The van der Waals surface area contributed by atoms with Gasteiger partial charge < -0.3 is 9.88 Å². The molecule has 0 radical (unpaired) electrons. The fraction of sp³-hybridized carbons (Fsp3) is 0.588. The molecule has 1 fully saturated rings. The third-order valence-electron chi connectivity index (χ3n) is 4.86. The Bertz CT molecular complexity index is 716. The highest BCUT2D eigenvalue weighted by Gasteiger charge is 2.27. The zero-order chi connectivity index (χ0) is 16.5. The number of fused-ring (bicyclic) bond motifs is 1. The Morgan fingerprint density at radius 3 is 3.00 bits per heavy atom. The van der Waals surface area contributed by atoms with Crippen molar-refractivity contribution in [3.63, 3.8) is 0 Å². The molecule has 128 valence electrons. The van der Waals surface area contributed by atoms with E-state index < -0.39 is 0 Å². The van der Waals surface area contributed by atoms with E-state index in [9.17, 15) is 4.79 Å². The third kappa shape index (κ3) is 3.51. The molecule has 1 saturated carbocycles. The zero-order valence-electron chi connectivity index (χ0n) is 14.1. The van der Waals surface area contributed by atoms with E-state index in [4.69, 9.17) is 0 Å². The molecular weight excluding hydrogens is 304 g/mol. The summed E-state index contributed by atoms with van der Waals surface area (Å²) in [6.07, 6.45) is 10.9. The van der Waals surface area contributed by atoms with Crippen molar-refractivity contribution in [2.45, 2.75) is 38.4 Å². The molecule has 1 amide bonds. The normalized spacial score (nSPS) is 20.8. The first-order valence-corrected chi connectivity index (χ1v) is 8.64. The lowest BCUT2D eigenvalue weighted by atomic mass is 10.1. The van der Waals surface area contributed by atoms with Crippen molar-refractivity contribution in [1.29, 1.82) is 0 Å². The van der Waals surface area contributed by atoms with Crippen LogP contribution in [0.3, 0.4) is 0 Å². The van der Waals surface area contributed by atoms with Gasteiger partial charge in [-0.1, -0.05) is 0 Å². The second kappa shape index (κ2) is 6.39. The van der Waals surface area contributed by atoms with Gasteiger partial charge in [-0.15, -0.1) is 0 Å². The summed E-state index contributed by atoms with van der Waals surface area (Å²) in [7, 11) is 1.94. The lowest BCUT2D eigenvalue weighted by Gasteiger charge is -2.34. The molecule has 4 rings (SSSR count). The van der Waals surface area contributed by atoms with Gasteiger partial charge in [-0.25, -0.2) is 4.98 Å². The van der Waals surface area contributed by atoms with Gasteiger partial charge in [0.15, 0.2) is 0 Å². The van der Waals surface area contributed by atoms with Crippen LogP contribution in [0.1, 0.15) is 36.6 Å². The fourth-order valence-corrected chi connectivity index (χ4v) is 3.45. The third-order valence-corrected chi connectivity index (χ3v) is 4.86. The number of nitrogens with zero attached hydrogens (tertiary/aromatic N) is 5. The second-order valence-electron chi connectivity index (χ2n) is 7.09. The molecule has 1 atom stereocenters. The van der Waals surface area contributed by atoms with Gasteiger partial charge in [-0.2, -0.15) is 5.10 Å². The van der Waals surface area contributed by atoms with Crippen molar-refractivity contribution in [3.8, 4) is 0 Å². The summed E-state index contributed by atoms with van der Waals surface area (Å²) in [5.41, 5.74) is 2.41. The van der Waals surface area contributed by atoms with Crippen molar-refractivity contribution < 1.29 is 4.79 Å². The highest BCUT2D eigenvalue weighted by atomic mass is 16.1. The average molecular weight is 328 g/mol. The van der Waals surface area contributed by atoms with Crippen molar-refractivity contribution in [2.75, 3.05) is 13.1 Å². The molecule has 1 aliphatic heterocycles. The molecule has 0 unspecified atom stereocenters. The SMILES string of the molecule is Cn1cc(CN2Cc3cncn3[C@H](CNC(=O)CC3CC3)C2)cn1. The average Bonchev–Trinajstić information content (AvgIpc) is 3.06. The number of nitrogens with one attached hydrogen (secondary N) is 1. The molecule has 2 aromatic heterocycles. The van der Waals surface area contributed by atoms with E-state index >= 15 is 0 Å². The number of rotatable bonds is 6. The van der Waals surface area contributed by atoms with E-state index in [1.54, 1.807) is 0 Å². The first kappa shape index (κ1) is 15.4. The van der Waals surface area contributed by atoms with Gasteiger partial charge >= 0.3 is 0 Å². The number of imidazole rings is 1. The monoisotopic (exact) mass is 328 g/mol. The summed E-state index contributed by atoms with van der Waals surface area (Å²) in [5, 5.41) is 7.36. The summed E-state index contributed by atoms with van der Waals surface area (Å²) < 4.78 is 4.04. The number of amides is 1. The van der Waals surface area contributed by atoms with Crippen LogP contribution in [-0.4, -0.2) is 43.2 Å². The minimum atomic E-state index is 0.184. The molecule has 1 aliphatic carbocycles. The Labute approximate surface area is 141 Å². The van der Waals surface area contributed by atoms with E-state index in [0.29, 0.717) is 18.9 Å². The van der Waals surface area contributed by atoms with Crippen LogP contribution in [0, 0.1) is 5.92 Å². The quantitative estimate of drug-likeness (QED) is 0.862. The van der Waals surface area contributed by atoms with E-state index in [1.807, 2.05) is 30.5 Å². The molecule has 3 heterocycles. The molecule has 0 spiro atoms. The zero-order valence-corrected chi connectivity index (χ0v) is 14.1. The van der Waals surface area contributed by atoms with Crippen LogP contribution in [0.4, 0.5) is 0 Å². The van der Waals surface area contributed by atoms with Gasteiger partial charge in [0.1, 0.15) is 0 Å². The Kier molecular flexibility index (Phi) is 4.10. The Hall–Kier alpha value is -2.15. The topological polar surface area (TPSA) is 68.0 Å². The van der Waals surface area contributed by atoms with Crippen LogP contribution in [0.15, 0.2) is 24.9 Å². The van der Waals surface area contributed by atoms with Crippen molar-refractivity contribution in [1.82, 2.24) is 29.5 Å². The first-order chi connectivity index (χ1) is 11.7. The molecule has 0 saturated heterocycles. The van der Waals surface area contributed by atoms with E-state index in [1.165, 1.54) is 24.1 Å². The standard InChI is InChI=1S/C17H24N6O/c1-21-8-14(5-20-21)9-22-10-15-6-18-12-23(15)16(11-22)7-19-17(24)4-13-2-3-13/h5-6,8,12-13,16H,2-4,7,9-11H2,1H3,(H,19,24)/t16-/m1/s1. The van der Waals surface area contributed by atoms with Crippen LogP contribution >= 0.6 is 0 Å². The maximum absolute atomic E-state index is 12.0. The minimum Gasteiger partial charge on any atom is -0.354 e. The maximum Gasteiger partial charge on any atom is 0.220 e. The Morgan fingerprint density at radius 2 is 2.25 bits per heavy atom. The smallest absolute Gasteiger partial charge is 0.220 e. The number of aromatic nitrogens is 4. The van der Waals surface area contributed by atoms with E-state index in [0.717, 1.165) is 19.6 Å². The highest BCUT2D eigenvalue weighted by Crippen LogP contribution is 2.32. The van der Waals surface area contributed by atoms with Gasteiger partial charge in [0.2, 0.25) is 5.91 Å². The van der Waals surface area contributed by atoms with E-state index in [2.05, 4.69) is 31.1 Å².